The first kappa shape index (κ1) is 19.3. The molecule has 0 bridgehead atoms. The number of nitro groups is 1. The maximum Gasteiger partial charge on any atom is 0.275 e. The Morgan fingerprint density at radius 1 is 1.32 bits per heavy atom. The van der Waals surface area contributed by atoms with Crippen LogP contribution in [0, 0.1) is 17.0 Å². The van der Waals surface area contributed by atoms with Gasteiger partial charge in [0.05, 0.1) is 31.1 Å². The first-order valence-corrected chi connectivity index (χ1v) is 11.2. The molecule has 1 aliphatic rings. The summed E-state index contributed by atoms with van der Waals surface area (Å²) < 4.78 is 29.0. The number of fused-ring (bicyclic) bond motifs is 1. The molecular weight excluding hydrogens is 422 g/mol. The summed E-state index contributed by atoms with van der Waals surface area (Å²) in [5.41, 5.74) is 0.775. The van der Waals surface area contributed by atoms with Crippen LogP contribution in [0.2, 0.25) is 5.02 Å². The fourth-order valence-electron chi connectivity index (χ4n) is 3.42. The third-order valence-electron chi connectivity index (χ3n) is 4.89. The SMILES string of the molecule is Cc1c(Cl)cc(S(=O)(=O)N2CCCC2c2nc3ccccc3s2)cc1[N+](=O)[O-]. The van der Waals surface area contributed by atoms with E-state index < -0.39 is 14.9 Å². The molecule has 0 amide bonds. The first-order valence-electron chi connectivity index (χ1n) is 8.61. The lowest BCUT2D eigenvalue weighted by molar-refractivity contribution is -0.385. The molecule has 0 spiro atoms. The number of sulfonamides is 1. The fraction of sp³-hybridized carbons (Fsp3) is 0.278. The average molecular weight is 438 g/mol. The molecule has 1 fully saturated rings. The van der Waals surface area contributed by atoms with Gasteiger partial charge in [0.1, 0.15) is 5.01 Å². The van der Waals surface area contributed by atoms with Gasteiger partial charge in [-0.05, 0) is 38.0 Å². The highest BCUT2D eigenvalue weighted by molar-refractivity contribution is 7.89. The first-order chi connectivity index (χ1) is 13.3. The lowest BCUT2D eigenvalue weighted by Gasteiger charge is -2.22. The van der Waals surface area contributed by atoms with Crippen LogP contribution < -0.4 is 0 Å². The Morgan fingerprint density at radius 3 is 2.79 bits per heavy atom. The second kappa shape index (κ2) is 7.07. The average Bonchev–Trinajstić information content (AvgIpc) is 3.30. The van der Waals surface area contributed by atoms with Crippen molar-refractivity contribution in [2.24, 2.45) is 0 Å². The second-order valence-electron chi connectivity index (χ2n) is 6.60. The van der Waals surface area contributed by atoms with Crippen LogP contribution in [0.25, 0.3) is 10.2 Å². The highest BCUT2D eigenvalue weighted by Crippen LogP contribution is 2.41. The molecule has 0 radical (unpaired) electrons. The number of rotatable bonds is 4. The van der Waals surface area contributed by atoms with Crippen molar-refractivity contribution < 1.29 is 13.3 Å². The molecule has 1 unspecified atom stereocenters. The van der Waals surface area contributed by atoms with Crippen LogP contribution in [-0.2, 0) is 10.0 Å². The van der Waals surface area contributed by atoms with Crippen LogP contribution >= 0.6 is 22.9 Å². The van der Waals surface area contributed by atoms with Gasteiger partial charge in [0.25, 0.3) is 5.69 Å². The van der Waals surface area contributed by atoms with E-state index in [1.165, 1.54) is 28.6 Å². The van der Waals surface area contributed by atoms with E-state index in [1.807, 2.05) is 24.3 Å². The lowest BCUT2D eigenvalue weighted by atomic mass is 10.2. The van der Waals surface area contributed by atoms with Crippen molar-refractivity contribution in [1.82, 2.24) is 9.29 Å². The van der Waals surface area contributed by atoms with Crippen LogP contribution in [-0.4, -0.2) is 29.2 Å². The predicted octanol–water partition coefficient (Wildman–Crippen LogP) is 4.69. The van der Waals surface area contributed by atoms with Gasteiger partial charge in [0.15, 0.2) is 0 Å². The van der Waals surface area contributed by atoms with E-state index >= 15 is 0 Å². The molecule has 1 saturated heterocycles. The van der Waals surface area contributed by atoms with Crippen molar-refractivity contribution in [2.45, 2.75) is 30.7 Å². The summed E-state index contributed by atoms with van der Waals surface area (Å²) in [6.07, 6.45) is 1.35. The van der Waals surface area contributed by atoms with E-state index in [0.29, 0.717) is 19.4 Å². The number of benzene rings is 2. The van der Waals surface area contributed by atoms with E-state index in [9.17, 15) is 18.5 Å². The Hall–Kier alpha value is -2.07. The zero-order valence-electron chi connectivity index (χ0n) is 14.8. The van der Waals surface area contributed by atoms with Crippen molar-refractivity contribution in [1.29, 1.82) is 0 Å². The van der Waals surface area contributed by atoms with E-state index in [2.05, 4.69) is 4.98 Å². The number of nitrogens with zero attached hydrogens (tertiary/aromatic N) is 3. The summed E-state index contributed by atoms with van der Waals surface area (Å²) in [6, 6.07) is 9.64. The van der Waals surface area contributed by atoms with Gasteiger partial charge in [-0.3, -0.25) is 10.1 Å². The molecule has 0 saturated carbocycles. The predicted molar refractivity (Wildman–Crippen MR) is 108 cm³/mol. The molecular formula is C18H16ClN3O4S2. The number of nitro benzene ring substituents is 1. The van der Waals surface area contributed by atoms with Crippen molar-refractivity contribution >= 4 is 48.9 Å². The van der Waals surface area contributed by atoms with Gasteiger partial charge < -0.3 is 0 Å². The summed E-state index contributed by atoms with van der Waals surface area (Å²) in [4.78, 5) is 15.1. The molecule has 1 aromatic heterocycles. The summed E-state index contributed by atoms with van der Waals surface area (Å²) >= 11 is 7.56. The third kappa shape index (κ3) is 3.18. The van der Waals surface area contributed by atoms with Crippen LogP contribution in [0.5, 0.6) is 0 Å². The van der Waals surface area contributed by atoms with Gasteiger partial charge in [-0.1, -0.05) is 23.7 Å². The Labute approximate surface area is 170 Å². The maximum atomic E-state index is 13.3. The van der Waals surface area contributed by atoms with E-state index in [4.69, 9.17) is 11.6 Å². The molecule has 10 heteroatoms. The van der Waals surface area contributed by atoms with Gasteiger partial charge in [0.2, 0.25) is 10.0 Å². The maximum absolute atomic E-state index is 13.3. The largest absolute Gasteiger partial charge is 0.275 e. The topological polar surface area (TPSA) is 93.4 Å². The quantitative estimate of drug-likeness (QED) is 0.436. The highest BCUT2D eigenvalue weighted by Gasteiger charge is 2.39. The zero-order chi connectivity index (χ0) is 20.1. The number of halogens is 1. The van der Waals surface area contributed by atoms with Gasteiger partial charge in [0, 0.05) is 18.2 Å². The van der Waals surface area contributed by atoms with Crippen LogP contribution in [0.1, 0.15) is 29.5 Å². The normalized spacial score (nSPS) is 18.0. The van der Waals surface area contributed by atoms with Gasteiger partial charge in [-0.15, -0.1) is 11.3 Å². The molecule has 3 aromatic rings. The van der Waals surface area contributed by atoms with Crippen LogP contribution in [0.4, 0.5) is 5.69 Å². The molecule has 4 rings (SSSR count). The monoisotopic (exact) mass is 437 g/mol. The third-order valence-corrected chi connectivity index (χ3v) is 8.31. The summed E-state index contributed by atoms with van der Waals surface area (Å²) in [5.74, 6) is 0. The number of para-hydroxylation sites is 1. The minimum Gasteiger partial charge on any atom is -0.258 e. The molecule has 2 heterocycles. The van der Waals surface area contributed by atoms with Crippen LogP contribution in [0.3, 0.4) is 0 Å². The zero-order valence-corrected chi connectivity index (χ0v) is 17.2. The van der Waals surface area contributed by atoms with Crippen molar-refractivity contribution in [2.75, 3.05) is 6.54 Å². The Kier molecular flexibility index (Phi) is 4.86. The lowest BCUT2D eigenvalue weighted by Crippen LogP contribution is -2.30. The van der Waals surface area contributed by atoms with Crippen molar-refractivity contribution in [3.05, 3.63) is 62.1 Å². The molecule has 0 N–H and O–H groups in total. The molecule has 0 aliphatic carbocycles. The standard InChI is InChI=1S/C18H16ClN3O4S2/c1-11-13(19)9-12(10-16(11)22(23)24)28(25,26)21-8-4-6-15(21)18-20-14-5-2-3-7-17(14)27-18/h2-3,5,7,9-10,15H,4,6,8H2,1H3. The number of hydrogen-bond donors (Lipinski definition) is 0. The Bertz CT molecular complexity index is 1160. The number of thiazole rings is 1. The van der Waals surface area contributed by atoms with Gasteiger partial charge >= 0.3 is 0 Å². The summed E-state index contributed by atoms with van der Waals surface area (Å²) in [5, 5.41) is 12.1. The van der Waals surface area contributed by atoms with Gasteiger partial charge in [-0.25, -0.2) is 13.4 Å². The second-order valence-corrected chi connectivity index (χ2v) is 9.96. The minimum absolute atomic E-state index is 0.0588. The molecule has 28 heavy (non-hydrogen) atoms. The highest BCUT2D eigenvalue weighted by atomic mass is 35.5. The van der Waals surface area contributed by atoms with E-state index in [-0.39, 0.29) is 27.2 Å². The molecule has 1 aliphatic heterocycles. The van der Waals surface area contributed by atoms with E-state index in [0.717, 1.165) is 21.3 Å². The molecule has 2 aromatic carbocycles. The van der Waals surface area contributed by atoms with Crippen molar-refractivity contribution in [3.8, 4) is 0 Å². The van der Waals surface area contributed by atoms with Crippen molar-refractivity contribution in [3.63, 3.8) is 0 Å². The smallest absolute Gasteiger partial charge is 0.258 e. The summed E-state index contributed by atoms with van der Waals surface area (Å²) in [6.45, 7) is 1.83. The fourth-order valence-corrected chi connectivity index (χ4v) is 6.59. The molecule has 146 valence electrons. The van der Waals surface area contributed by atoms with Gasteiger partial charge in [-0.2, -0.15) is 4.31 Å². The number of aromatic nitrogens is 1. The Morgan fingerprint density at radius 2 is 2.07 bits per heavy atom. The van der Waals surface area contributed by atoms with E-state index in [1.54, 1.807) is 0 Å². The molecule has 7 nitrogen and oxygen atoms in total. The van der Waals surface area contributed by atoms with Crippen LogP contribution in [0.15, 0.2) is 41.3 Å². The summed E-state index contributed by atoms with van der Waals surface area (Å²) in [7, 11) is -3.96. The number of hydrogen-bond acceptors (Lipinski definition) is 6. The minimum atomic E-state index is -3.96. The Balaban J connectivity index is 1.77. The molecule has 1 atom stereocenters.